The van der Waals surface area contributed by atoms with Crippen molar-refractivity contribution in [2.75, 3.05) is 12.9 Å². The standard InChI is InChI=1S/C25H25N3O2S/c1-18-8-3-4-10-20(18)16-28-23-13-6-5-12-22(23)27-25(28)31-17-24(29)26-15-19-9-7-11-21(14-19)30-2/h3-14H,15-17H2,1-2H3,(H,26,29). The summed E-state index contributed by atoms with van der Waals surface area (Å²) in [5.41, 5.74) is 5.51. The van der Waals surface area contributed by atoms with E-state index in [1.54, 1.807) is 7.11 Å². The number of aryl methyl sites for hydroxylation is 1. The number of rotatable bonds is 8. The molecule has 1 N–H and O–H groups in total. The van der Waals surface area contributed by atoms with E-state index in [-0.39, 0.29) is 5.91 Å². The summed E-state index contributed by atoms with van der Waals surface area (Å²) in [5, 5.41) is 3.83. The molecule has 0 bridgehead atoms. The number of nitrogens with one attached hydrogen (secondary N) is 1. The van der Waals surface area contributed by atoms with Gasteiger partial charge >= 0.3 is 0 Å². The third-order valence-corrected chi connectivity index (χ3v) is 6.14. The molecule has 0 saturated carbocycles. The lowest BCUT2D eigenvalue weighted by Crippen LogP contribution is -2.24. The maximum Gasteiger partial charge on any atom is 0.230 e. The van der Waals surface area contributed by atoms with Gasteiger partial charge in [0.05, 0.1) is 30.4 Å². The van der Waals surface area contributed by atoms with Crippen molar-refractivity contribution in [1.29, 1.82) is 0 Å². The van der Waals surface area contributed by atoms with Crippen LogP contribution in [0.3, 0.4) is 0 Å². The van der Waals surface area contributed by atoms with Gasteiger partial charge in [-0.25, -0.2) is 4.98 Å². The largest absolute Gasteiger partial charge is 0.497 e. The number of methoxy groups -OCH3 is 1. The van der Waals surface area contributed by atoms with Crippen LogP contribution in [-0.2, 0) is 17.9 Å². The summed E-state index contributed by atoms with van der Waals surface area (Å²) in [6.07, 6.45) is 0. The number of hydrogen-bond acceptors (Lipinski definition) is 4. The number of hydrogen-bond donors (Lipinski definition) is 1. The first-order valence-electron chi connectivity index (χ1n) is 10.2. The summed E-state index contributed by atoms with van der Waals surface area (Å²) >= 11 is 1.46. The average molecular weight is 432 g/mol. The molecule has 0 saturated heterocycles. The SMILES string of the molecule is COc1cccc(CNC(=O)CSc2nc3ccccc3n2Cc2ccccc2C)c1. The summed E-state index contributed by atoms with van der Waals surface area (Å²) in [6.45, 7) is 3.31. The normalized spacial score (nSPS) is 10.9. The maximum absolute atomic E-state index is 12.5. The zero-order chi connectivity index (χ0) is 21.6. The summed E-state index contributed by atoms with van der Waals surface area (Å²) in [6, 6.07) is 24.2. The molecule has 1 aromatic heterocycles. The van der Waals surface area contributed by atoms with E-state index < -0.39 is 0 Å². The first kappa shape index (κ1) is 21.0. The van der Waals surface area contributed by atoms with E-state index in [9.17, 15) is 4.79 Å². The highest BCUT2D eigenvalue weighted by atomic mass is 32.2. The van der Waals surface area contributed by atoms with Crippen molar-refractivity contribution in [2.45, 2.75) is 25.2 Å². The van der Waals surface area contributed by atoms with Crippen molar-refractivity contribution in [3.63, 3.8) is 0 Å². The number of fused-ring (bicyclic) bond motifs is 1. The lowest BCUT2D eigenvalue weighted by molar-refractivity contribution is -0.118. The number of amides is 1. The van der Waals surface area contributed by atoms with Gasteiger partial charge in [0, 0.05) is 6.54 Å². The number of nitrogens with zero attached hydrogens (tertiary/aromatic N) is 2. The zero-order valence-electron chi connectivity index (χ0n) is 17.7. The van der Waals surface area contributed by atoms with Gasteiger partial charge in [0.15, 0.2) is 5.16 Å². The van der Waals surface area contributed by atoms with Crippen LogP contribution in [0.15, 0.2) is 78.0 Å². The Morgan fingerprint density at radius 3 is 2.71 bits per heavy atom. The molecule has 0 radical (unpaired) electrons. The van der Waals surface area contributed by atoms with Gasteiger partial charge in [-0.2, -0.15) is 0 Å². The van der Waals surface area contributed by atoms with Crippen LogP contribution in [0.4, 0.5) is 0 Å². The predicted molar refractivity (Wildman–Crippen MR) is 126 cm³/mol. The Morgan fingerprint density at radius 1 is 1.06 bits per heavy atom. The highest BCUT2D eigenvalue weighted by Gasteiger charge is 2.14. The summed E-state index contributed by atoms with van der Waals surface area (Å²) in [7, 11) is 1.64. The number of aromatic nitrogens is 2. The Kier molecular flexibility index (Phi) is 6.57. The highest BCUT2D eigenvalue weighted by molar-refractivity contribution is 7.99. The lowest BCUT2D eigenvalue weighted by atomic mass is 10.1. The van der Waals surface area contributed by atoms with E-state index in [0.29, 0.717) is 12.3 Å². The molecule has 1 amide bonds. The number of benzene rings is 3. The number of carbonyl (C=O) groups excluding carboxylic acids is 1. The monoisotopic (exact) mass is 431 g/mol. The third kappa shape index (κ3) is 5.09. The van der Waals surface area contributed by atoms with Gasteiger partial charge in [0.1, 0.15) is 5.75 Å². The quantitative estimate of drug-likeness (QED) is 0.407. The molecule has 0 aliphatic carbocycles. The topological polar surface area (TPSA) is 56.1 Å². The second-order valence-electron chi connectivity index (χ2n) is 7.31. The molecule has 4 aromatic rings. The minimum Gasteiger partial charge on any atom is -0.497 e. The van der Waals surface area contributed by atoms with Crippen molar-refractivity contribution in [3.8, 4) is 5.75 Å². The molecule has 0 fully saturated rings. The third-order valence-electron chi connectivity index (χ3n) is 5.17. The maximum atomic E-state index is 12.5. The van der Waals surface area contributed by atoms with E-state index in [0.717, 1.165) is 34.0 Å². The Labute approximate surface area is 186 Å². The van der Waals surface area contributed by atoms with Crippen LogP contribution in [0.2, 0.25) is 0 Å². The molecule has 0 aliphatic heterocycles. The summed E-state index contributed by atoms with van der Waals surface area (Å²) in [5.74, 6) is 1.06. The van der Waals surface area contributed by atoms with Gasteiger partial charge in [-0.15, -0.1) is 0 Å². The molecule has 3 aromatic carbocycles. The number of ether oxygens (including phenoxy) is 1. The molecular formula is C25H25N3O2S. The molecule has 1 heterocycles. The molecule has 158 valence electrons. The fourth-order valence-electron chi connectivity index (χ4n) is 3.44. The molecular weight excluding hydrogens is 406 g/mol. The van der Waals surface area contributed by atoms with Crippen LogP contribution in [0.1, 0.15) is 16.7 Å². The Morgan fingerprint density at radius 2 is 1.87 bits per heavy atom. The van der Waals surface area contributed by atoms with Crippen LogP contribution in [0, 0.1) is 6.92 Å². The minimum absolute atomic E-state index is 0.0256. The summed E-state index contributed by atoms with van der Waals surface area (Å²) in [4.78, 5) is 17.3. The molecule has 31 heavy (non-hydrogen) atoms. The molecule has 0 unspecified atom stereocenters. The van der Waals surface area contributed by atoms with Gasteiger partial charge in [0.25, 0.3) is 0 Å². The minimum atomic E-state index is -0.0256. The van der Waals surface area contributed by atoms with Crippen molar-refractivity contribution < 1.29 is 9.53 Å². The molecule has 6 heteroatoms. The van der Waals surface area contributed by atoms with Crippen LogP contribution in [0.25, 0.3) is 11.0 Å². The number of thioether (sulfide) groups is 1. The highest BCUT2D eigenvalue weighted by Crippen LogP contribution is 2.26. The molecule has 4 rings (SSSR count). The van der Waals surface area contributed by atoms with E-state index >= 15 is 0 Å². The second kappa shape index (κ2) is 9.71. The van der Waals surface area contributed by atoms with E-state index in [1.807, 2.05) is 48.5 Å². The fraction of sp³-hybridized carbons (Fsp3) is 0.200. The first-order valence-corrected chi connectivity index (χ1v) is 11.1. The molecule has 0 aliphatic rings. The lowest BCUT2D eigenvalue weighted by Gasteiger charge is -2.11. The number of carbonyl (C=O) groups is 1. The first-order chi connectivity index (χ1) is 15.1. The van der Waals surface area contributed by atoms with E-state index in [1.165, 1.54) is 22.9 Å². The van der Waals surface area contributed by atoms with Gasteiger partial charge in [0.2, 0.25) is 5.91 Å². The summed E-state index contributed by atoms with van der Waals surface area (Å²) < 4.78 is 7.43. The second-order valence-corrected chi connectivity index (χ2v) is 8.26. The number of imidazole rings is 1. The Bertz CT molecular complexity index is 1200. The van der Waals surface area contributed by atoms with Crippen molar-refractivity contribution in [2.24, 2.45) is 0 Å². The molecule has 5 nitrogen and oxygen atoms in total. The number of para-hydroxylation sites is 2. The van der Waals surface area contributed by atoms with Gasteiger partial charge in [-0.3, -0.25) is 4.79 Å². The molecule has 0 spiro atoms. The van der Waals surface area contributed by atoms with Gasteiger partial charge < -0.3 is 14.6 Å². The van der Waals surface area contributed by atoms with Crippen molar-refractivity contribution in [3.05, 3.63) is 89.5 Å². The Balaban J connectivity index is 1.46. The van der Waals surface area contributed by atoms with E-state index in [2.05, 4.69) is 41.1 Å². The van der Waals surface area contributed by atoms with Crippen LogP contribution >= 0.6 is 11.8 Å². The zero-order valence-corrected chi connectivity index (χ0v) is 18.5. The molecule has 0 atom stereocenters. The predicted octanol–water partition coefficient (Wildman–Crippen LogP) is 4.81. The van der Waals surface area contributed by atoms with Gasteiger partial charge in [-0.1, -0.05) is 60.3 Å². The average Bonchev–Trinajstić information content (AvgIpc) is 3.15. The Hall–Kier alpha value is -3.25. The fourth-order valence-corrected chi connectivity index (χ4v) is 4.28. The van der Waals surface area contributed by atoms with Crippen LogP contribution in [-0.4, -0.2) is 28.3 Å². The van der Waals surface area contributed by atoms with Crippen molar-refractivity contribution in [1.82, 2.24) is 14.9 Å². The smallest absolute Gasteiger partial charge is 0.230 e. The van der Waals surface area contributed by atoms with E-state index in [4.69, 9.17) is 9.72 Å². The van der Waals surface area contributed by atoms with Crippen molar-refractivity contribution >= 4 is 28.7 Å². The van der Waals surface area contributed by atoms with Crippen LogP contribution < -0.4 is 10.1 Å². The van der Waals surface area contributed by atoms with Crippen LogP contribution in [0.5, 0.6) is 5.75 Å². The van der Waals surface area contributed by atoms with Gasteiger partial charge in [-0.05, 0) is 47.9 Å².